The normalized spacial score (nSPS) is 18.8. The van der Waals surface area contributed by atoms with Crippen LogP contribution >= 0.6 is 0 Å². The monoisotopic (exact) mass is 311 g/mol. The Bertz CT molecular complexity index is 617. The first-order valence-corrected chi connectivity index (χ1v) is 7.84. The third-order valence-electron chi connectivity index (χ3n) is 4.30. The molecule has 1 heterocycles. The van der Waals surface area contributed by atoms with Crippen LogP contribution in [0.3, 0.4) is 0 Å². The van der Waals surface area contributed by atoms with E-state index in [1.807, 2.05) is 19.2 Å². The molecule has 0 saturated carbocycles. The Morgan fingerprint density at radius 1 is 1.09 bits per heavy atom. The number of hydrogen-bond acceptors (Lipinski definition) is 4. The summed E-state index contributed by atoms with van der Waals surface area (Å²) in [6.07, 6.45) is 0.619. The lowest BCUT2D eigenvalue weighted by molar-refractivity contribution is -0.167. The van der Waals surface area contributed by atoms with Gasteiger partial charge in [0.05, 0.1) is 0 Å². The highest BCUT2D eigenvalue weighted by Gasteiger charge is 2.43. The molecule has 4 heteroatoms. The molecule has 1 N–H and O–H groups in total. The van der Waals surface area contributed by atoms with E-state index in [0.29, 0.717) is 17.7 Å². The van der Waals surface area contributed by atoms with Crippen LogP contribution in [-0.2, 0) is 15.1 Å². The Balaban J connectivity index is 1.94. The van der Waals surface area contributed by atoms with E-state index in [9.17, 15) is 9.90 Å². The van der Waals surface area contributed by atoms with Crippen molar-refractivity contribution in [3.8, 4) is 0 Å². The zero-order valence-electron chi connectivity index (χ0n) is 13.2. The summed E-state index contributed by atoms with van der Waals surface area (Å²) < 4.78 is 5.63. The van der Waals surface area contributed by atoms with Crippen LogP contribution in [0.25, 0.3) is 0 Å². The van der Waals surface area contributed by atoms with Crippen LogP contribution in [0.2, 0.25) is 0 Å². The number of benzene rings is 2. The van der Waals surface area contributed by atoms with Gasteiger partial charge in [-0.15, -0.1) is 0 Å². The number of likely N-dealkylation sites (N-methyl/N-ethyl adjacent to an activating group) is 1. The van der Waals surface area contributed by atoms with E-state index in [1.165, 1.54) is 0 Å². The maximum atomic E-state index is 12.8. The molecule has 1 atom stereocenters. The molecular formula is C19H21NO3. The number of carbonyl (C=O) groups excluding carboxylic acids is 1. The molecular weight excluding hydrogens is 290 g/mol. The minimum Gasteiger partial charge on any atom is -0.458 e. The van der Waals surface area contributed by atoms with Gasteiger partial charge in [0.1, 0.15) is 6.10 Å². The van der Waals surface area contributed by atoms with Crippen molar-refractivity contribution in [2.45, 2.75) is 18.1 Å². The SMILES string of the molecule is CN1CCC(OC(=O)C(O)(c2ccccc2)c2ccccc2)C1. The Hall–Kier alpha value is -2.17. The van der Waals surface area contributed by atoms with Crippen LogP contribution in [0.1, 0.15) is 17.5 Å². The Kier molecular flexibility index (Phi) is 4.46. The number of aliphatic hydroxyl groups is 1. The van der Waals surface area contributed by atoms with Crippen LogP contribution in [0.4, 0.5) is 0 Å². The molecule has 4 nitrogen and oxygen atoms in total. The number of likely N-dealkylation sites (tertiary alicyclic amines) is 1. The first-order chi connectivity index (χ1) is 11.1. The lowest BCUT2D eigenvalue weighted by Crippen LogP contribution is -2.40. The lowest BCUT2D eigenvalue weighted by Gasteiger charge is -2.28. The van der Waals surface area contributed by atoms with Crippen molar-refractivity contribution < 1.29 is 14.6 Å². The molecule has 0 amide bonds. The molecule has 1 fully saturated rings. The van der Waals surface area contributed by atoms with Crippen molar-refractivity contribution in [1.82, 2.24) is 4.90 Å². The van der Waals surface area contributed by atoms with E-state index in [4.69, 9.17) is 4.74 Å². The van der Waals surface area contributed by atoms with Gasteiger partial charge in [0.25, 0.3) is 0 Å². The summed E-state index contributed by atoms with van der Waals surface area (Å²) in [7, 11) is 1.99. The van der Waals surface area contributed by atoms with Crippen molar-refractivity contribution in [2.75, 3.05) is 20.1 Å². The fraction of sp³-hybridized carbons (Fsp3) is 0.316. The smallest absolute Gasteiger partial charge is 0.348 e. The molecule has 0 bridgehead atoms. The third kappa shape index (κ3) is 3.14. The molecule has 23 heavy (non-hydrogen) atoms. The van der Waals surface area contributed by atoms with E-state index in [0.717, 1.165) is 13.0 Å². The van der Waals surface area contributed by atoms with Gasteiger partial charge in [0.2, 0.25) is 5.60 Å². The molecule has 2 aromatic rings. The minimum absolute atomic E-state index is 0.175. The first kappa shape index (κ1) is 15.7. The molecule has 1 saturated heterocycles. The Labute approximate surface area is 136 Å². The number of ether oxygens (including phenoxy) is 1. The molecule has 120 valence electrons. The van der Waals surface area contributed by atoms with E-state index in [-0.39, 0.29) is 6.10 Å². The zero-order valence-corrected chi connectivity index (χ0v) is 13.2. The largest absolute Gasteiger partial charge is 0.458 e. The van der Waals surface area contributed by atoms with E-state index < -0.39 is 11.6 Å². The number of hydrogen-bond donors (Lipinski definition) is 1. The molecule has 0 spiro atoms. The molecule has 0 aliphatic carbocycles. The number of rotatable bonds is 4. The third-order valence-corrected chi connectivity index (χ3v) is 4.30. The summed E-state index contributed by atoms with van der Waals surface area (Å²) in [5.74, 6) is -0.616. The second-order valence-corrected chi connectivity index (χ2v) is 6.02. The van der Waals surface area contributed by atoms with E-state index >= 15 is 0 Å². The minimum atomic E-state index is -1.79. The molecule has 3 rings (SSSR count). The molecule has 0 radical (unpaired) electrons. The van der Waals surface area contributed by atoms with Crippen molar-refractivity contribution >= 4 is 5.97 Å². The fourth-order valence-electron chi connectivity index (χ4n) is 2.99. The molecule has 1 aliphatic rings. The molecule has 2 aromatic carbocycles. The van der Waals surface area contributed by atoms with Gasteiger partial charge < -0.3 is 14.7 Å². The average molecular weight is 311 g/mol. The van der Waals surface area contributed by atoms with Gasteiger partial charge in [-0.3, -0.25) is 0 Å². The van der Waals surface area contributed by atoms with Gasteiger partial charge in [-0.1, -0.05) is 60.7 Å². The van der Waals surface area contributed by atoms with Gasteiger partial charge >= 0.3 is 5.97 Å². The lowest BCUT2D eigenvalue weighted by atomic mass is 9.86. The Morgan fingerprint density at radius 3 is 2.04 bits per heavy atom. The van der Waals surface area contributed by atoms with Gasteiger partial charge in [0.15, 0.2) is 0 Å². The standard InChI is InChI=1S/C19H21NO3/c1-20-13-12-17(14-20)23-18(21)19(22,15-8-4-2-5-9-15)16-10-6-3-7-11-16/h2-11,17,22H,12-14H2,1H3. The van der Waals surface area contributed by atoms with Gasteiger partial charge in [-0.05, 0) is 24.6 Å². The van der Waals surface area contributed by atoms with Crippen LogP contribution in [0, 0.1) is 0 Å². The highest BCUT2D eigenvalue weighted by molar-refractivity contribution is 5.85. The maximum Gasteiger partial charge on any atom is 0.348 e. The summed E-state index contributed by atoms with van der Waals surface area (Å²) in [5.41, 5.74) is -0.756. The van der Waals surface area contributed by atoms with Gasteiger partial charge in [-0.25, -0.2) is 4.79 Å². The van der Waals surface area contributed by atoms with Crippen LogP contribution in [0.15, 0.2) is 60.7 Å². The summed E-state index contributed by atoms with van der Waals surface area (Å²) >= 11 is 0. The van der Waals surface area contributed by atoms with E-state index in [2.05, 4.69) is 4.90 Å². The molecule has 0 aromatic heterocycles. The zero-order chi connectivity index (χ0) is 16.3. The van der Waals surface area contributed by atoms with Crippen LogP contribution in [0.5, 0.6) is 0 Å². The summed E-state index contributed by atoms with van der Waals surface area (Å²) in [4.78, 5) is 15.0. The second kappa shape index (κ2) is 6.52. The second-order valence-electron chi connectivity index (χ2n) is 6.02. The summed E-state index contributed by atoms with van der Waals surface area (Å²) in [6.45, 7) is 1.60. The quantitative estimate of drug-likeness (QED) is 0.879. The summed E-state index contributed by atoms with van der Waals surface area (Å²) in [5, 5.41) is 11.3. The maximum absolute atomic E-state index is 12.8. The molecule has 1 aliphatic heterocycles. The average Bonchev–Trinajstić information content (AvgIpc) is 3.00. The topological polar surface area (TPSA) is 49.8 Å². The highest BCUT2D eigenvalue weighted by Crippen LogP contribution is 2.32. The predicted molar refractivity (Wildman–Crippen MR) is 87.9 cm³/mol. The van der Waals surface area contributed by atoms with Crippen molar-refractivity contribution in [3.05, 3.63) is 71.8 Å². The van der Waals surface area contributed by atoms with Crippen molar-refractivity contribution in [3.63, 3.8) is 0 Å². The van der Waals surface area contributed by atoms with Crippen LogP contribution < -0.4 is 0 Å². The summed E-state index contributed by atoms with van der Waals surface area (Å²) in [6, 6.07) is 17.9. The predicted octanol–water partition coefficient (Wildman–Crippen LogP) is 2.17. The Morgan fingerprint density at radius 2 is 1.61 bits per heavy atom. The highest BCUT2D eigenvalue weighted by atomic mass is 16.6. The van der Waals surface area contributed by atoms with Crippen molar-refractivity contribution in [2.24, 2.45) is 0 Å². The van der Waals surface area contributed by atoms with Crippen LogP contribution in [-0.4, -0.2) is 42.2 Å². The fourth-order valence-corrected chi connectivity index (χ4v) is 2.99. The number of esters is 1. The number of carbonyl (C=O) groups is 1. The van der Waals surface area contributed by atoms with Gasteiger partial charge in [-0.2, -0.15) is 0 Å². The first-order valence-electron chi connectivity index (χ1n) is 7.84. The molecule has 1 unspecified atom stereocenters. The van der Waals surface area contributed by atoms with E-state index in [1.54, 1.807) is 48.5 Å². The van der Waals surface area contributed by atoms with Crippen molar-refractivity contribution in [1.29, 1.82) is 0 Å². The van der Waals surface area contributed by atoms with Gasteiger partial charge in [0, 0.05) is 13.1 Å². The number of nitrogens with zero attached hydrogens (tertiary/aromatic N) is 1.